The van der Waals surface area contributed by atoms with Crippen LogP contribution in [-0.2, 0) is 18.5 Å². The first-order valence-corrected chi connectivity index (χ1v) is 17.1. The predicted molar refractivity (Wildman–Crippen MR) is 186 cm³/mol. The van der Waals surface area contributed by atoms with Crippen LogP contribution in [0.1, 0.15) is 77.1 Å². The van der Waals surface area contributed by atoms with Gasteiger partial charge in [0, 0.05) is 55.1 Å². The number of hydrogen-bond donors (Lipinski definition) is 3. The number of benzene rings is 2. The lowest BCUT2D eigenvalue weighted by Crippen LogP contribution is -2.50. The quantitative estimate of drug-likeness (QED) is 0.136. The monoisotopic (exact) mass is 688 g/mol. The van der Waals surface area contributed by atoms with Gasteiger partial charge in [-0.3, -0.25) is 14.6 Å². The van der Waals surface area contributed by atoms with Crippen LogP contribution in [-0.4, -0.2) is 82.6 Å². The Labute approximate surface area is 291 Å². The summed E-state index contributed by atoms with van der Waals surface area (Å²) in [5.41, 5.74) is 2.70. The molecule has 2 aromatic carbocycles. The number of nitrogens with zero attached hydrogens (tertiary/aromatic N) is 4. The highest BCUT2D eigenvalue weighted by molar-refractivity contribution is 6.01. The van der Waals surface area contributed by atoms with Crippen LogP contribution >= 0.6 is 0 Å². The molecule has 0 saturated heterocycles. The van der Waals surface area contributed by atoms with Gasteiger partial charge in [0.2, 0.25) is 5.89 Å². The summed E-state index contributed by atoms with van der Waals surface area (Å²) >= 11 is 0. The average Bonchev–Trinajstić information content (AvgIpc) is 3.67. The van der Waals surface area contributed by atoms with Crippen molar-refractivity contribution in [1.82, 2.24) is 30.4 Å². The SMILES string of the molecule is CCCN(CCC)C(=O)c1cc(C(=O)N[C@@H](Cc2cc(F)cc(F)c2)[C@H](O)CNC2(c3cc(CN(C)C)ccn3)CC2)cc(-c2ncco2)c1. The molecule has 0 aliphatic heterocycles. The summed E-state index contributed by atoms with van der Waals surface area (Å²) in [4.78, 5) is 40.3. The van der Waals surface area contributed by atoms with E-state index in [-0.39, 0.29) is 35.9 Å². The fraction of sp³-hybridized carbons (Fsp3) is 0.421. The lowest BCUT2D eigenvalue weighted by atomic mass is 9.98. The van der Waals surface area contributed by atoms with Crippen LogP contribution in [0.15, 0.2) is 71.6 Å². The van der Waals surface area contributed by atoms with Gasteiger partial charge in [0.15, 0.2) is 0 Å². The average molecular weight is 689 g/mol. The molecule has 1 aliphatic rings. The second-order valence-corrected chi connectivity index (χ2v) is 13.3. The van der Waals surface area contributed by atoms with Gasteiger partial charge >= 0.3 is 0 Å². The van der Waals surface area contributed by atoms with E-state index in [1.165, 1.54) is 30.7 Å². The van der Waals surface area contributed by atoms with Gasteiger partial charge in [-0.25, -0.2) is 13.8 Å². The van der Waals surface area contributed by atoms with E-state index in [1.807, 2.05) is 34.0 Å². The smallest absolute Gasteiger partial charge is 0.253 e. The first-order valence-electron chi connectivity index (χ1n) is 17.1. The molecule has 2 aromatic heterocycles. The fourth-order valence-electron chi connectivity index (χ4n) is 6.22. The third-order valence-electron chi connectivity index (χ3n) is 8.77. The Morgan fingerprint density at radius 3 is 2.26 bits per heavy atom. The Balaban J connectivity index is 1.41. The normalized spacial score (nSPS) is 14.7. The van der Waals surface area contributed by atoms with Gasteiger partial charge in [0.25, 0.3) is 11.8 Å². The summed E-state index contributed by atoms with van der Waals surface area (Å²) in [6.07, 6.45) is 6.63. The summed E-state index contributed by atoms with van der Waals surface area (Å²) in [7, 11) is 3.99. The Hall–Kier alpha value is -4.52. The summed E-state index contributed by atoms with van der Waals surface area (Å²) in [6.45, 7) is 5.93. The topological polar surface area (TPSA) is 124 Å². The minimum atomic E-state index is -1.16. The number of hydrogen-bond acceptors (Lipinski definition) is 8. The molecule has 10 nitrogen and oxygen atoms in total. The molecule has 1 fully saturated rings. The number of aliphatic hydroxyl groups excluding tert-OH is 1. The van der Waals surface area contributed by atoms with E-state index in [4.69, 9.17) is 4.42 Å². The lowest BCUT2D eigenvalue weighted by Gasteiger charge is -2.27. The number of rotatable bonds is 17. The fourth-order valence-corrected chi connectivity index (χ4v) is 6.22. The van der Waals surface area contributed by atoms with E-state index in [0.29, 0.717) is 24.2 Å². The highest BCUT2D eigenvalue weighted by atomic mass is 19.1. The van der Waals surface area contributed by atoms with E-state index in [1.54, 1.807) is 23.2 Å². The van der Waals surface area contributed by atoms with Crippen LogP contribution < -0.4 is 10.6 Å². The summed E-state index contributed by atoms with van der Waals surface area (Å²) < 4.78 is 34.0. The molecule has 0 unspecified atom stereocenters. The van der Waals surface area contributed by atoms with Gasteiger partial charge in [0.1, 0.15) is 17.9 Å². The molecule has 3 N–H and O–H groups in total. The van der Waals surface area contributed by atoms with Crippen LogP contribution in [0, 0.1) is 11.6 Å². The number of halogens is 2. The van der Waals surface area contributed by atoms with Crippen molar-refractivity contribution in [3.8, 4) is 11.5 Å². The Bertz CT molecular complexity index is 1740. The van der Waals surface area contributed by atoms with Gasteiger partial charge < -0.3 is 30.0 Å². The molecule has 0 radical (unpaired) electrons. The molecule has 2 atom stereocenters. The number of nitrogens with one attached hydrogen (secondary N) is 2. The second-order valence-electron chi connectivity index (χ2n) is 13.3. The molecule has 1 aliphatic carbocycles. The number of amides is 2. The molecule has 266 valence electrons. The molecular weight excluding hydrogens is 642 g/mol. The predicted octanol–water partition coefficient (Wildman–Crippen LogP) is 5.32. The number of aromatic nitrogens is 2. The van der Waals surface area contributed by atoms with Crippen LogP contribution in [0.3, 0.4) is 0 Å². The molecule has 5 rings (SSSR count). The molecule has 4 aromatic rings. The van der Waals surface area contributed by atoms with Gasteiger partial charge in [-0.15, -0.1) is 0 Å². The molecule has 1 saturated carbocycles. The van der Waals surface area contributed by atoms with Crippen molar-refractivity contribution >= 4 is 11.8 Å². The van der Waals surface area contributed by atoms with Gasteiger partial charge in [0.05, 0.1) is 29.6 Å². The third kappa shape index (κ3) is 9.38. The number of carbonyl (C=O) groups is 2. The van der Waals surface area contributed by atoms with Crippen molar-refractivity contribution in [3.05, 3.63) is 107 Å². The van der Waals surface area contributed by atoms with Crippen molar-refractivity contribution < 1.29 is 27.9 Å². The number of carbonyl (C=O) groups excluding carboxylic acids is 2. The maximum atomic E-state index is 14.2. The summed E-state index contributed by atoms with van der Waals surface area (Å²) in [6, 6.07) is 10.9. The van der Waals surface area contributed by atoms with E-state index in [2.05, 4.69) is 31.6 Å². The van der Waals surface area contributed by atoms with Crippen molar-refractivity contribution in [3.63, 3.8) is 0 Å². The molecule has 2 heterocycles. The van der Waals surface area contributed by atoms with Crippen LogP contribution in [0.2, 0.25) is 0 Å². The zero-order valence-corrected chi connectivity index (χ0v) is 29.1. The van der Waals surface area contributed by atoms with Crippen LogP contribution in [0.25, 0.3) is 11.5 Å². The van der Waals surface area contributed by atoms with Gasteiger partial charge in [-0.2, -0.15) is 0 Å². The van der Waals surface area contributed by atoms with E-state index < -0.39 is 35.2 Å². The van der Waals surface area contributed by atoms with Crippen LogP contribution in [0.5, 0.6) is 0 Å². The van der Waals surface area contributed by atoms with Crippen LogP contribution in [0.4, 0.5) is 8.78 Å². The van der Waals surface area contributed by atoms with Crippen molar-refractivity contribution in [1.29, 1.82) is 0 Å². The maximum Gasteiger partial charge on any atom is 0.253 e. The zero-order valence-electron chi connectivity index (χ0n) is 29.1. The molecule has 2 amide bonds. The van der Waals surface area contributed by atoms with E-state index >= 15 is 0 Å². The Kier molecular flexibility index (Phi) is 12.1. The standard InChI is InChI=1S/C38H46F2N6O4/c1-5-12-46(13-6-2)37(49)29-20-27(19-28(21-29)36-42-11-14-50-36)35(48)44-32(17-26-15-30(39)22-31(40)16-26)33(47)23-43-38(8-9-38)34-18-25(7-10-41-34)24-45(3)4/h7,10-11,14-16,18-22,32-33,43,47H,5-6,8-9,12-13,17,23-24H2,1-4H3,(H,44,48)/t32-,33+/m0/s1. The summed E-state index contributed by atoms with van der Waals surface area (Å²) in [5, 5.41) is 17.9. The molecule has 0 spiro atoms. The molecule has 0 bridgehead atoms. The zero-order chi connectivity index (χ0) is 35.8. The maximum absolute atomic E-state index is 14.2. The van der Waals surface area contributed by atoms with Gasteiger partial charge in [-0.05, 0) is 99.8 Å². The first-order chi connectivity index (χ1) is 24.0. The van der Waals surface area contributed by atoms with E-state index in [0.717, 1.165) is 49.6 Å². The molecule has 12 heteroatoms. The second kappa shape index (κ2) is 16.5. The number of pyridine rings is 1. The lowest BCUT2D eigenvalue weighted by molar-refractivity contribution is 0.0755. The van der Waals surface area contributed by atoms with Gasteiger partial charge in [-0.1, -0.05) is 13.8 Å². The minimum Gasteiger partial charge on any atom is -0.445 e. The first kappa shape index (κ1) is 36.8. The van der Waals surface area contributed by atoms with Crippen molar-refractivity contribution in [2.24, 2.45) is 0 Å². The van der Waals surface area contributed by atoms with Crippen molar-refractivity contribution in [2.45, 2.75) is 70.2 Å². The highest BCUT2D eigenvalue weighted by Crippen LogP contribution is 2.44. The van der Waals surface area contributed by atoms with E-state index in [9.17, 15) is 23.5 Å². The molecule has 50 heavy (non-hydrogen) atoms. The Morgan fingerprint density at radius 2 is 1.64 bits per heavy atom. The number of aliphatic hydroxyl groups is 1. The number of oxazole rings is 1. The molecular formula is C38H46F2N6O4. The summed E-state index contributed by atoms with van der Waals surface area (Å²) in [5.74, 6) is -2.09. The highest BCUT2D eigenvalue weighted by Gasteiger charge is 2.46. The third-order valence-corrected chi connectivity index (χ3v) is 8.77. The largest absolute Gasteiger partial charge is 0.445 e. The Morgan fingerprint density at radius 1 is 0.940 bits per heavy atom. The van der Waals surface area contributed by atoms with Crippen molar-refractivity contribution in [2.75, 3.05) is 33.7 Å². The minimum absolute atomic E-state index is 0.0567.